The van der Waals surface area contributed by atoms with Crippen molar-refractivity contribution in [3.8, 4) is 0 Å². The van der Waals surface area contributed by atoms with Gasteiger partial charge in [-0.15, -0.1) is 5.10 Å². The van der Waals surface area contributed by atoms with Crippen LogP contribution in [-0.4, -0.2) is 34.8 Å². The first kappa shape index (κ1) is 15.8. The zero-order chi connectivity index (χ0) is 14.4. The van der Waals surface area contributed by atoms with Gasteiger partial charge in [0.1, 0.15) is 0 Å². The Morgan fingerprint density at radius 2 is 1.74 bits per heavy atom. The maximum atomic E-state index is 6.06. The fourth-order valence-corrected chi connectivity index (χ4v) is 1.87. The molecular formula is C14H27N5. The van der Waals surface area contributed by atoms with Gasteiger partial charge >= 0.3 is 0 Å². The van der Waals surface area contributed by atoms with Crippen LogP contribution in [0.4, 0.5) is 5.95 Å². The first-order valence-corrected chi connectivity index (χ1v) is 7.18. The monoisotopic (exact) mass is 265 g/mol. The number of nitrogens with zero attached hydrogens (tertiary/aromatic N) is 4. The SMILES string of the molecule is CCc1nnc(N(C)CCC(N)C(C)C)nc1CC. The van der Waals surface area contributed by atoms with Gasteiger partial charge in [0.25, 0.3) is 0 Å². The predicted molar refractivity (Wildman–Crippen MR) is 79.3 cm³/mol. The van der Waals surface area contributed by atoms with Gasteiger partial charge in [-0.05, 0) is 25.2 Å². The molecule has 2 N–H and O–H groups in total. The smallest absolute Gasteiger partial charge is 0.245 e. The summed E-state index contributed by atoms with van der Waals surface area (Å²) in [5.74, 6) is 1.20. The third-order valence-electron chi connectivity index (χ3n) is 3.49. The molecule has 19 heavy (non-hydrogen) atoms. The van der Waals surface area contributed by atoms with Crippen LogP contribution < -0.4 is 10.6 Å². The molecule has 0 saturated heterocycles. The lowest BCUT2D eigenvalue weighted by atomic mass is 10.0. The molecule has 1 unspecified atom stereocenters. The lowest BCUT2D eigenvalue weighted by Gasteiger charge is -2.21. The van der Waals surface area contributed by atoms with Gasteiger partial charge in [0.2, 0.25) is 5.95 Å². The second-order valence-corrected chi connectivity index (χ2v) is 5.33. The highest BCUT2D eigenvalue weighted by Gasteiger charge is 2.12. The topological polar surface area (TPSA) is 67.9 Å². The number of hydrogen-bond acceptors (Lipinski definition) is 5. The zero-order valence-corrected chi connectivity index (χ0v) is 12.8. The second kappa shape index (κ2) is 7.38. The molecule has 1 aromatic rings. The van der Waals surface area contributed by atoms with E-state index < -0.39 is 0 Å². The maximum Gasteiger partial charge on any atom is 0.245 e. The highest BCUT2D eigenvalue weighted by Crippen LogP contribution is 2.11. The predicted octanol–water partition coefficient (Wildman–Crippen LogP) is 1.81. The first-order valence-electron chi connectivity index (χ1n) is 7.18. The number of nitrogens with two attached hydrogens (primary N) is 1. The van der Waals surface area contributed by atoms with Crippen LogP contribution in [-0.2, 0) is 12.8 Å². The van der Waals surface area contributed by atoms with Crippen LogP contribution >= 0.6 is 0 Å². The van der Waals surface area contributed by atoms with Gasteiger partial charge in [-0.2, -0.15) is 5.10 Å². The molecule has 5 nitrogen and oxygen atoms in total. The van der Waals surface area contributed by atoms with E-state index >= 15 is 0 Å². The Hall–Kier alpha value is -1.23. The molecule has 0 spiro atoms. The van der Waals surface area contributed by atoms with E-state index in [1.165, 1.54) is 0 Å². The van der Waals surface area contributed by atoms with Gasteiger partial charge in [-0.1, -0.05) is 27.7 Å². The van der Waals surface area contributed by atoms with Crippen molar-refractivity contribution in [3.05, 3.63) is 11.4 Å². The average molecular weight is 265 g/mol. The Bertz CT molecular complexity index is 391. The average Bonchev–Trinajstić information content (AvgIpc) is 2.43. The fraction of sp³-hybridized carbons (Fsp3) is 0.786. The van der Waals surface area contributed by atoms with Crippen molar-refractivity contribution in [2.45, 2.75) is 53.0 Å². The van der Waals surface area contributed by atoms with E-state index in [1.54, 1.807) is 0 Å². The van der Waals surface area contributed by atoms with E-state index in [1.807, 2.05) is 11.9 Å². The van der Waals surface area contributed by atoms with E-state index in [4.69, 9.17) is 5.73 Å². The third kappa shape index (κ3) is 4.42. The van der Waals surface area contributed by atoms with Crippen molar-refractivity contribution in [3.63, 3.8) is 0 Å². The van der Waals surface area contributed by atoms with Crippen molar-refractivity contribution in [1.82, 2.24) is 15.2 Å². The number of aryl methyl sites for hydroxylation is 2. The molecule has 1 heterocycles. The van der Waals surface area contributed by atoms with Crippen LogP contribution in [0.3, 0.4) is 0 Å². The molecule has 0 radical (unpaired) electrons. The van der Waals surface area contributed by atoms with Crippen molar-refractivity contribution < 1.29 is 0 Å². The van der Waals surface area contributed by atoms with E-state index in [2.05, 4.69) is 42.9 Å². The largest absolute Gasteiger partial charge is 0.343 e. The van der Waals surface area contributed by atoms with Crippen molar-refractivity contribution in [2.24, 2.45) is 11.7 Å². The highest BCUT2D eigenvalue weighted by molar-refractivity contribution is 5.28. The zero-order valence-electron chi connectivity index (χ0n) is 12.8. The van der Waals surface area contributed by atoms with Gasteiger partial charge in [0.05, 0.1) is 11.4 Å². The molecule has 0 amide bonds. The van der Waals surface area contributed by atoms with E-state index in [9.17, 15) is 0 Å². The van der Waals surface area contributed by atoms with Crippen LogP contribution in [0.25, 0.3) is 0 Å². The molecule has 0 saturated carbocycles. The highest BCUT2D eigenvalue weighted by atomic mass is 15.3. The molecule has 0 bridgehead atoms. The van der Waals surface area contributed by atoms with Crippen LogP contribution in [0.1, 0.15) is 45.5 Å². The summed E-state index contributed by atoms with van der Waals surface area (Å²) in [6.45, 7) is 9.33. The molecule has 1 rings (SSSR count). The van der Waals surface area contributed by atoms with Crippen molar-refractivity contribution in [1.29, 1.82) is 0 Å². The Labute approximate surface area is 116 Å². The van der Waals surface area contributed by atoms with Gasteiger partial charge < -0.3 is 10.6 Å². The lowest BCUT2D eigenvalue weighted by Crippen LogP contribution is -2.32. The molecule has 5 heteroatoms. The molecule has 0 aliphatic heterocycles. The molecule has 0 aliphatic rings. The van der Waals surface area contributed by atoms with Crippen LogP contribution in [0, 0.1) is 5.92 Å². The number of anilines is 1. The molecular weight excluding hydrogens is 238 g/mol. The minimum atomic E-state index is 0.218. The molecule has 0 fully saturated rings. The second-order valence-electron chi connectivity index (χ2n) is 5.33. The van der Waals surface area contributed by atoms with Crippen LogP contribution in [0.15, 0.2) is 0 Å². The summed E-state index contributed by atoms with van der Waals surface area (Å²) in [7, 11) is 2.00. The quantitative estimate of drug-likeness (QED) is 0.814. The molecule has 0 aromatic carbocycles. The van der Waals surface area contributed by atoms with E-state index in [0.29, 0.717) is 11.9 Å². The van der Waals surface area contributed by atoms with E-state index in [0.717, 1.165) is 37.2 Å². The standard InChI is InChI=1S/C14H27N5/c1-6-12-13(7-2)17-18-14(16-12)19(5)9-8-11(15)10(3)4/h10-11H,6-9,15H2,1-5H3. The van der Waals surface area contributed by atoms with Gasteiger partial charge in [0, 0.05) is 19.6 Å². The minimum Gasteiger partial charge on any atom is -0.343 e. The van der Waals surface area contributed by atoms with Gasteiger partial charge in [-0.25, -0.2) is 4.98 Å². The first-order chi connectivity index (χ1) is 8.99. The number of aromatic nitrogens is 3. The van der Waals surface area contributed by atoms with Crippen LogP contribution in [0.2, 0.25) is 0 Å². The summed E-state index contributed by atoms with van der Waals surface area (Å²) >= 11 is 0. The molecule has 1 atom stereocenters. The van der Waals surface area contributed by atoms with Crippen LogP contribution in [0.5, 0.6) is 0 Å². The normalized spacial score (nSPS) is 12.8. The number of hydrogen-bond donors (Lipinski definition) is 1. The molecule has 108 valence electrons. The molecule has 0 aliphatic carbocycles. The summed E-state index contributed by atoms with van der Waals surface area (Å²) in [5.41, 5.74) is 8.11. The number of rotatable bonds is 7. The summed E-state index contributed by atoms with van der Waals surface area (Å²) in [6.07, 6.45) is 2.71. The molecule has 1 aromatic heterocycles. The summed E-state index contributed by atoms with van der Waals surface area (Å²) in [4.78, 5) is 6.63. The van der Waals surface area contributed by atoms with E-state index in [-0.39, 0.29) is 6.04 Å². The van der Waals surface area contributed by atoms with Gasteiger partial charge in [-0.3, -0.25) is 0 Å². The fourth-order valence-electron chi connectivity index (χ4n) is 1.87. The van der Waals surface area contributed by atoms with Crippen molar-refractivity contribution in [2.75, 3.05) is 18.5 Å². The Morgan fingerprint density at radius 3 is 2.26 bits per heavy atom. The third-order valence-corrected chi connectivity index (χ3v) is 3.49. The maximum absolute atomic E-state index is 6.06. The Morgan fingerprint density at radius 1 is 1.11 bits per heavy atom. The summed E-state index contributed by atoms with van der Waals surface area (Å²) < 4.78 is 0. The Balaban J connectivity index is 2.69. The Kier molecular flexibility index (Phi) is 6.15. The van der Waals surface area contributed by atoms with Crippen molar-refractivity contribution >= 4 is 5.95 Å². The summed E-state index contributed by atoms with van der Waals surface area (Å²) in [5, 5.41) is 8.47. The van der Waals surface area contributed by atoms with Gasteiger partial charge in [0.15, 0.2) is 0 Å². The summed E-state index contributed by atoms with van der Waals surface area (Å²) in [6, 6.07) is 0.218. The lowest BCUT2D eigenvalue weighted by molar-refractivity contribution is 0.465. The minimum absolute atomic E-state index is 0.218.